The molecule has 1 aromatic heterocycles. The zero-order chi connectivity index (χ0) is 23.8. The standard InChI is InChI=1S/C23H24N4O5S/c1-4-32-16-9-11-17(12-10-16)33(30,31)26-14-21(15(2)23(26)24-3)27-20-8-6-5-7-18(20)19(25-27)13-22(28)29/h5-12,15,21,23H,4,13-14H2,1-2H3,(H,28,29)/t15-,21-,23-/m0/s1. The van der Waals surface area contributed by atoms with Gasteiger partial charge in [-0.1, -0.05) is 25.1 Å². The summed E-state index contributed by atoms with van der Waals surface area (Å²) in [6.07, 6.45) is -1.15. The van der Waals surface area contributed by atoms with E-state index in [1.807, 2.05) is 32.0 Å². The zero-order valence-corrected chi connectivity index (χ0v) is 19.1. The van der Waals surface area contributed by atoms with E-state index in [2.05, 4.69) is 9.94 Å². The summed E-state index contributed by atoms with van der Waals surface area (Å²) in [5.74, 6) is -0.788. The van der Waals surface area contributed by atoms with Crippen LogP contribution >= 0.6 is 0 Å². The molecule has 2 heterocycles. The van der Waals surface area contributed by atoms with Crippen LogP contribution in [0.4, 0.5) is 0 Å². The number of rotatable bonds is 7. The van der Waals surface area contributed by atoms with Crippen LogP contribution in [0.15, 0.2) is 53.4 Å². The van der Waals surface area contributed by atoms with E-state index in [0.717, 1.165) is 5.52 Å². The van der Waals surface area contributed by atoms with E-state index < -0.39 is 28.2 Å². The molecule has 0 radical (unpaired) electrons. The van der Waals surface area contributed by atoms with Crippen molar-refractivity contribution in [2.24, 2.45) is 5.92 Å². The van der Waals surface area contributed by atoms with E-state index in [9.17, 15) is 18.3 Å². The van der Waals surface area contributed by atoms with Crippen molar-refractivity contribution in [1.29, 1.82) is 0 Å². The molecule has 2 aromatic carbocycles. The van der Waals surface area contributed by atoms with Crippen LogP contribution in [0, 0.1) is 12.5 Å². The molecule has 4 rings (SSSR count). The van der Waals surface area contributed by atoms with Crippen LogP contribution < -0.4 is 4.74 Å². The van der Waals surface area contributed by atoms with Gasteiger partial charge in [-0.15, -0.1) is 4.31 Å². The Kier molecular flexibility index (Phi) is 6.10. The summed E-state index contributed by atoms with van der Waals surface area (Å²) in [5.41, 5.74) is 1.13. The second-order valence-electron chi connectivity index (χ2n) is 7.93. The summed E-state index contributed by atoms with van der Waals surface area (Å²) in [6.45, 7) is 11.9. The van der Waals surface area contributed by atoms with E-state index >= 15 is 0 Å². The number of aromatic nitrogens is 2. The quantitative estimate of drug-likeness (QED) is 0.534. The minimum absolute atomic E-state index is 0.0575. The van der Waals surface area contributed by atoms with Gasteiger partial charge in [0.1, 0.15) is 5.75 Å². The van der Waals surface area contributed by atoms with Crippen molar-refractivity contribution in [2.45, 2.75) is 37.4 Å². The van der Waals surface area contributed by atoms with Crippen molar-refractivity contribution in [1.82, 2.24) is 14.1 Å². The van der Waals surface area contributed by atoms with Crippen LogP contribution in [0.1, 0.15) is 25.6 Å². The molecule has 0 unspecified atom stereocenters. The third-order valence-electron chi connectivity index (χ3n) is 5.94. The summed E-state index contributed by atoms with van der Waals surface area (Å²) in [4.78, 5) is 15.0. The minimum Gasteiger partial charge on any atom is -0.494 e. The Hall–Kier alpha value is -3.42. The summed E-state index contributed by atoms with van der Waals surface area (Å²) < 4.78 is 35.2. The maximum atomic E-state index is 13.4. The van der Waals surface area contributed by atoms with Gasteiger partial charge in [0.25, 0.3) is 6.17 Å². The van der Waals surface area contributed by atoms with Crippen molar-refractivity contribution in [3.05, 3.63) is 65.6 Å². The van der Waals surface area contributed by atoms with Gasteiger partial charge < -0.3 is 9.84 Å². The Labute approximate surface area is 192 Å². The molecule has 0 aliphatic carbocycles. The molecule has 1 saturated heterocycles. The summed E-state index contributed by atoms with van der Waals surface area (Å²) in [6, 6.07) is 13.0. The van der Waals surface area contributed by atoms with Crippen LogP contribution in [0.5, 0.6) is 5.75 Å². The lowest BCUT2D eigenvalue weighted by Crippen LogP contribution is -2.35. The van der Waals surface area contributed by atoms with Gasteiger partial charge in [-0.25, -0.2) is 15.0 Å². The van der Waals surface area contributed by atoms with Gasteiger partial charge in [0, 0.05) is 11.9 Å². The van der Waals surface area contributed by atoms with Gasteiger partial charge >= 0.3 is 5.97 Å². The average molecular weight is 469 g/mol. The Balaban J connectivity index is 1.73. The summed E-state index contributed by atoms with van der Waals surface area (Å²) >= 11 is 0. The molecule has 1 N–H and O–H groups in total. The predicted octanol–water partition coefficient (Wildman–Crippen LogP) is 3.19. The van der Waals surface area contributed by atoms with Crippen LogP contribution in [0.2, 0.25) is 0 Å². The third kappa shape index (κ3) is 4.05. The monoisotopic (exact) mass is 468 g/mol. The van der Waals surface area contributed by atoms with Crippen molar-refractivity contribution >= 4 is 26.9 Å². The Morgan fingerprint density at radius 2 is 1.94 bits per heavy atom. The second kappa shape index (κ2) is 8.84. The van der Waals surface area contributed by atoms with E-state index in [-0.39, 0.29) is 23.8 Å². The Bertz CT molecular complexity index is 1330. The maximum Gasteiger partial charge on any atom is 0.309 e. The van der Waals surface area contributed by atoms with Gasteiger partial charge in [-0.3, -0.25) is 14.3 Å². The van der Waals surface area contributed by atoms with E-state index in [4.69, 9.17) is 11.3 Å². The number of ether oxygens (including phenoxy) is 1. The second-order valence-corrected chi connectivity index (χ2v) is 9.82. The number of aliphatic carboxylic acids is 1. The van der Waals surface area contributed by atoms with Crippen molar-refractivity contribution in [3.63, 3.8) is 0 Å². The van der Waals surface area contributed by atoms with Gasteiger partial charge in [0.2, 0.25) is 10.0 Å². The molecule has 0 spiro atoms. The third-order valence-corrected chi connectivity index (χ3v) is 7.79. The molecule has 33 heavy (non-hydrogen) atoms. The SMILES string of the molecule is [C-]#[N+][C@@H]1[C@@H](C)[C@@H](n2nc(CC(=O)O)c3ccccc32)CN1S(=O)(=O)c1ccc(OCC)cc1. The lowest BCUT2D eigenvalue weighted by molar-refractivity contribution is -0.136. The molecular formula is C23H24N4O5S. The topological polar surface area (TPSA) is 106 Å². The number of fused-ring (bicyclic) bond motifs is 1. The molecular weight excluding hydrogens is 444 g/mol. The molecule has 3 aromatic rings. The van der Waals surface area contributed by atoms with E-state index in [1.165, 1.54) is 16.4 Å². The summed E-state index contributed by atoms with van der Waals surface area (Å²) in [7, 11) is -3.94. The highest BCUT2D eigenvalue weighted by molar-refractivity contribution is 7.89. The number of sulfonamides is 1. The van der Waals surface area contributed by atoms with Crippen LogP contribution in [0.3, 0.4) is 0 Å². The number of carbonyl (C=O) groups is 1. The number of para-hydroxylation sites is 1. The molecule has 172 valence electrons. The number of hydrogen-bond donors (Lipinski definition) is 1. The van der Waals surface area contributed by atoms with E-state index in [0.29, 0.717) is 23.4 Å². The first kappa shape index (κ1) is 22.8. The lowest BCUT2D eigenvalue weighted by atomic mass is 10.0. The fourth-order valence-electron chi connectivity index (χ4n) is 4.33. The highest BCUT2D eigenvalue weighted by Gasteiger charge is 2.51. The largest absolute Gasteiger partial charge is 0.494 e. The predicted molar refractivity (Wildman–Crippen MR) is 121 cm³/mol. The van der Waals surface area contributed by atoms with Gasteiger partial charge in [0.05, 0.1) is 41.1 Å². The molecule has 9 nitrogen and oxygen atoms in total. The fourth-order valence-corrected chi connectivity index (χ4v) is 5.96. The first-order valence-corrected chi connectivity index (χ1v) is 12.0. The molecule has 10 heteroatoms. The van der Waals surface area contributed by atoms with Crippen LogP contribution in [-0.4, -0.2) is 52.9 Å². The lowest BCUT2D eigenvalue weighted by Gasteiger charge is -2.17. The minimum atomic E-state index is -3.94. The maximum absolute atomic E-state index is 13.4. The van der Waals surface area contributed by atoms with Gasteiger partial charge in [0.15, 0.2) is 0 Å². The number of benzene rings is 2. The molecule has 3 atom stereocenters. The van der Waals surface area contributed by atoms with Crippen molar-refractivity contribution in [3.8, 4) is 5.75 Å². The first-order chi connectivity index (χ1) is 15.8. The molecule has 1 fully saturated rings. The molecule has 0 bridgehead atoms. The number of nitrogens with zero attached hydrogens (tertiary/aromatic N) is 4. The smallest absolute Gasteiger partial charge is 0.309 e. The highest BCUT2D eigenvalue weighted by atomic mass is 32.2. The number of hydrogen-bond acceptors (Lipinski definition) is 5. The number of carboxylic acid groups (broad SMARTS) is 1. The van der Waals surface area contributed by atoms with Crippen LogP contribution in [-0.2, 0) is 21.2 Å². The first-order valence-electron chi connectivity index (χ1n) is 10.6. The highest BCUT2D eigenvalue weighted by Crippen LogP contribution is 2.39. The molecule has 0 saturated carbocycles. The van der Waals surface area contributed by atoms with E-state index in [1.54, 1.807) is 22.9 Å². The average Bonchev–Trinajstić information content (AvgIpc) is 3.31. The zero-order valence-electron chi connectivity index (χ0n) is 18.2. The van der Waals surface area contributed by atoms with Gasteiger partial charge in [-0.05, 0) is 37.3 Å². The van der Waals surface area contributed by atoms with Crippen LogP contribution in [0.25, 0.3) is 15.7 Å². The van der Waals surface area contributed by atoms with Crippen molar-refractivity contribution < 1.29 is 23.1 Å². The Morgan fingerprint density at radius 1 is 1.24 bits per heavy atom. The summed E-state index contributed by atoms with van der Waals surface area (Å²) in [5, 5.41) is 14.5. The number of carboxylic acids is 1. The van der Waals surface area contributed by atoms with Crippen molar-refractivity contribution in [2.75, 3.05) is 13.2 Å². The molecule has 0 amide bonds. The Morgan fingerprint density at radius 3 is 2.58 bits per heavy atom. The fraction of sp³-hybridized carbons (Fsp3) is 0.348. The van der Waals surface area contributed by atoms with Gasteiger partial charge in [-0.2, -0.15) is 5.10 Å². The normalized spacial score (nSPS) is 21.2. The molecule has 1 aliphatic rings. The molecule has 1 aliphatic heterocycles.